The molecule has 3 aliphatic rings. The molecule has 36 heavy (non-hydrogen) atoms. The van der Waals surface area contributed by atoms with Crippen molar-refractivity contribution in [2.75, 3.05) is 19.6 Å². The number of aromatic nitrogens is 1. The van der Waals surface area contributed by atoms with Gasteiger partial charge in [-0.25, -0.2) is 9.18 Å². The molecular formula is C27H28ClFN4O3. The van der Waals surface area contributed by atoms with E-state index in [1.54, 1.807) is 36.1 Å². The maximum absolute atomic E-state index is 14.3. The Hall–Kier alpha value is -3.10. The molecular weight excluding hydrogens is 483 g/mol. The number of fused-ring (bicyclic) bond motifs is 4. The second kappa shape index (κ2) is 8.49. The molecule has 1 saturated carbocycles. The van der Waals surface area contributed by atoms with Gasteiger partial charge in [-0.2, -0.15) is 0 Å². The Morgan fingerprint density at radius 3 is 2.81 bits per heavy atom. The Morgan fingerprint density at radius 1 is 1.25 bits per heavy atom. The van der Waals surface area contributed by atoms with Gasteiger partial charge in [0.25, 0.3) is 5.91 Å². The van der Waals surface area contributed by atoms with Gasteiger partial charge in [0.05, 0.1) is 5.02 Å². The van der Waals surface area contributed by atoms with Crippen molar-refractivity contribution < 1.29 is 19.1 Å². The van der Waals surface area contributed by atoms with Gasteiger partial charge in [-0.3, -0.25) is 14.6 Å². The number of carbonyl (C=O) groups excluding carboxylic acids is 2. The number of hydrogen-bond donors (Lipinski definition) is 3. The number of halogens is 2. The first-order chi connectivity index (χ1) is 17.3. The third kappa shape index (κ3) is 3.66. The molecule has 3 aromatic rings. The van der Waals surface area contributed by atoms with Gasteiger partial charge >= 0.3 is 6.03 Å². The molecule has 2 aromatic carbocycles. The molecule has 0 unspecified atom stereocenters. The lowest BCUT2D eigenvalue weighted by atomic mass is 9.81. The van der Waals surface area contributed by atoms with E-state index < -0.39 is 17.4 Å². The van der Waals surface area contributed by atoms with Gasteiger partial charge in [0.1, 0.15) is 23.1 Å². The quantitative estimate of drug-likeness (QED) is 0.317. The minimum Gasteiger partial charge on any atom is -0.508 e. The molecule has 2 fully saturated rings. The topological polar surface area (TPSA) is 88.7 Å². The maximum atomic E-state index is 14.3. The lowest BCUT2D eigenvalue weighted by Crippen LogP contribution is -2.53. The number of phenolic OH excluding ortho intramolecular Hbond substituents is 1. The minimum atomic E-state index is -1.13. The molecule has 6 rings (SSSR count). The monoisotopic (exact) mass is 510 g/mol. The average molecular weight is 511 g/mol. The van der Waals surface area contributed by atoms with Crippen LogP contribution in [0.2, 0.25) is 5.02 Å². The van der Waals surface area contributed by atoms with E-state index in [2.05, 4.69) is 10.3 Å². The molecule has 1 aliphatic carbocycles. The van der Waals surface area contributed by atoms with E-state index in [4.69, 9.17) is 11.6 Å². The summed E-state index contributed by atoms with van der Waals surface area (Å²) in [7, 11) is 0. The summed E-state index contributed by atoms with van der Waals surface area (Å²) in [5, 5.41) is 14.4. The SMILES string of the molecule is C[C@@]12Cc3c([nH]c4cc(F)c(Cl)cc34)[C@@H](c3cccc(O)c3)N1C(=O)N(CCCNCC1CC1)C2=O. The van der Waals surface area contributed by atoms with Crippen molar-refractivity contribution in [3.63, 3.8) is 0 Å². The highest BCUT2D eigenvalue weighted by atomic mass is 35.5. The van der Waals surface area contributed by atoms with Crippen molar-refractivity contribution in [3.8, 4) is 5.75 Å². The van der Waals surface area contributed by atoms with Gasteiger partial charge in [0.15, 0.2) is 0 Å². The Bertz CT molecular complexity index is 1390. The zero-order chi connectivity index (χ0) is 25.2. The molecule has 2 aliphatic heterocycles. The molecule has 0 spiro atoms. The van der Waals surface area contributed by atoms with Crippen LogP contribution in [0.1, 0.15) is 49.0 Å². The molecule has 0 radical (unpaired) electrons. The van der Waals surface area contributed by atoms with Crippen molar-refractivity contribution in [2.45, 2.75) is 44.2 Å². The molecule has 3 N–H and O–H groups in total. The van der Waals surface area contributed by atoms with Gasteiger partial charge in [0, 0.05) is 29.6 Å². The highest BCUT2D eigenvalue weighted by Crippen LogP contribution is 2.49. The molecule has 7 nitrogen and oxygen atoms in total. The summed E-state index contributed by atoms with van der Waals surface area (Å²) >= 11 is 6.12. The van der Waals surface area contributed by atoms with E-state index in [0.29, 0.717) is 29.7 Å². The molecule has 188 valence electrons. The second-order valence-electron chi connectivity index (χ2n) is 10.4. The number of benzene rings is 2. The lowest BCUT2D eigenvalue weighted by molar-refractivity contribution is -0.133. The number of nitrogens with zero attached hydrogens (tertiary/aromatic N) is 2. The highest BCUT2D eigenvalue weighted by molar-refractivity contribution is 6.31. The minimum absolute atomic E-state index is 0.0000581. The molecule has 2 atom stereocenters. The van der Waals surface area contributed by atoms with Gasteiger partial charge in [0.2, 0.25) is 0 Å². The van der Waals surface area contributed by atoms with E-state index in [1.165, 1.54) is 23.8 Å². The number of aromatic amines is 1. The summed E-state index contributed by atoms with van der Waals surface area (Å²) in [6.45, 7) is 3.85. The van der Waals surface area contributed by atoms with Gasteiger partial charge in [-0.05, 0) is 80.6 Å². The Balaban J connectivity index is 1.40. The van der Waals surface area contributed by atoms with Crippen LogP contribution >= 0.6 is 11.6 Å². The molecule has 1 aromatic heterocycles. The third-order valence-electron chi connectivity index (χ3n) is 7.76. The second-order valence-corrected chi connectivity index (χ2v) is 10.8. The van der Waals surface area contributed by atoms with E-state index >= 15 is 0 Å². The van der Waals surface area contributed by atoms with Gasteiger partial charge < -0.3 is 15.4 Å². The average Bonchev–Trinajstić information content (AvgIpc) is 3.58. The fourth-order valence-electron chi connectivity index (χ4n) is 5.74. The number of imide groups is 1. The van der Waals surface area contributed by atoms with Crippen LogP contribution in [0.4, 0.5) is 9.18 Å². The Kier molecular flexibility index (Phi) is 5.50. The number of aromatic hydroxyl groups is 1. The molecule has 3 heterocycles. The number of carbonyl (C=O) groups is 2. The first kappa shape index (κ1) is 23.3. The number of amides is 3. The molecule has 1 saturated heterocycles. The van der Waals surface area contributed by atoms with E-state index in [9.17, 15) is 19.1 Å². The summed E-state index contributed by atoms with van der Waals surface area (Å²) in [6, 6.07) is 8.59. The van der Waals surface area contributed by atoms with Crippen molar-refractivity contribution in [3.05, 3.63) is 64.1 Å². The summed E-state index contributed by atoms with van der Waals surface area (Å²) in [6.07, 6.45) is 3.49. The van der Waals surface area contributed by atoms with Crippen molar-refractivity contribution in [1.29, 1.82) is 0 Å². The highest BCUT2D eigenvalue weighted by Gasteiger charge is 2.60. The predicted molar refractivity (Wildman–Crippen MR) is 134 cm³/mol. The van der Waals surface area contributed by atoms with Crippen LogP contribution in [0, 0.1) is 11.7 Å². The predicted octanol–water partition coefficient (Wildman–Crippen LogP) is 4.72. The number of H-pyrrole nitrogens is 1. The van der Waals surface area contributed by atoms with Gasteiger partial charge in [-0.1, -0.05) is 23.7 Å². The standard InChI is InChI=1S/C27H28ClFN4O3/c1-27-13-19-18-11-20(28)21(29)12-22(18)31-23(19)24(16-4-2-5-17(34)10-16)33(27)26(36)32(25(27)35)9-3-8-30-14-15-6-7-15/h2,4-5,10-12,15,24,30-31,34H,3,6-9,13-14H2,1H3/t24-,27+/m1/s1. The first-order valence-corrected chi connectivity index (χ1v) is 12.8. The van der Waals surface area contributed by atoms with Crippen molar-refractivity contribution in [2.24, 2.45) is 5.92 Å². The molecule has 3 amide bonds. The number of rotatable bonds is 7. The van der Waals surface area contributed by atoms with Crippen LogP contribution in [0.25, 0.3) is 10.9 Å². The molecule has 9 heteroatoms. The number of nitrogens with one attached hydrogen (secondary N) is 2. The lowest BCUT2D eigenvalue weighted by Gasteiger charge is -2.42. The van der Waals surface area contributed by atoms with Gasteiger partial charge in [-0.15, -0.1) is 0 Å². The summed E-state index contributed by atoms with van der Waals surface area (Å²) in [5.41, 5.74) is 1.61. The van der Waals surface area contributed by atoms with Crippen molar-refractivity contribution >= 4 is 34.4 Å². The van der Waals surface area contributed by atoms with E-state index in [-0.39, 0.29) is 29.1 Å². The summed E-state index contributed by atoms with van der Waals surface area (Å²) in [5.74, 6) is 0.0370. The Morgan fingerprint density at radius 2 is 2.06 bits per heavy atom. The number of phenols is 1. The van der Waals surface area contributed by atoms with Crippen molar-refractivity contribution in [1.82, 2.24) is 20.1 Å². The van der Waals surface area contributed by atoms with Crippen LogP contribution in [-0.2, 0) is 11.2 Å². The Labute approximate surface area is 213 Å². The normalized spacial score (nSPS) is 23.5. The van der Waals surface area contributed by atoms with Crippen LogP contribution < -0.4 is 5.32 Å². The van der Waals surface area contributed by atoms with Crippen LogP contribution in [0.5, 0.6) is 5.75 Å². The smallest absolute Gasteiger partial charge is 0.328 e. The third-order valence-corrected chi connectivity index (χ3v) is 8.05. The van der Waals surface area contributed by atoms with Crippen LogP contribution in [0.15, 0.2) is 36.4 Å². The zero-order valence-electron chi connectivity index (χ0n) is 20.0. The number of hydrogen-bond acceptors (Lipinski definition) is 4. The summed E-state index contributed by atoms with van der Waals surface area (Å²) in [4.78, 5) is 33.8. The van der Waals surface area contributed by atoms with Crippen LogP contribution in [-0.4, -0.2) is 57.0 Å². The van der Waals surface area contributed by atoms with E-state index in [0.717, 1.165) is 30.0 Å². The fourth-order valence-corrected chi connectivity index (χ4v) is 5.90. The largest absolute Gasteiger partial charge is 0.508 e. The zero-order valence-corrected chi connectivity index (χ0v) is 20.7. The fraction of sp³-hybridized carbons (Fsp3) is 0.407. The maximum Gasteiger partial charge on any atom is 0.328 e. The molecule has 0 bridgehead atoms. The number of urea groups is 1. The summed E-state index contributed by atoms with van der Waals surface area (Å²) < 4.78 is 14.3. The van der Waals surface area contributed by atoms with Crippen LogP contribution in [0.3, 0.4) is 0 Å². The first-order valence-electron chi connectivity index (χ1n) is 12.4. The van der Waals surface area contributed by atoms with E-state index in [1.807, 2.05) is 6.07 Å².